The van der Waals surface area contributed by atoms with Gasteiger partial charge in [0, 0.05) is 0 Å². The first kappa shape index (κ1) is 49.9. The van der Waals surface area contributed by atoms with Gasteiger partial charge in [-0.2, -0.15) is 0 Å². The minimum atomic E-state index is -0.680. The zero-order chi connectivity index (χ0) is 54.4. The van der Waals surface area contributed by atoms with Gasteiger partial charge in [-0.1, -0.05) is 287 Å². The minimum absolute atomic E-state index is 0.648. The molecule has 0 aromatic heterocycles. The molecule has 5 aliphatic carbocycles. The summed E-state index contributed by atoms with van der Waals surface area (Å²) in [6.07, 6.45) is 28.4. The van der Waals surface area contributed by atoms with Crippen LogP contribution in [0.15, 0.2) is 337 Å². The highest BCUT2D eigenvalue weighted by molar-refractivity contribution is 5.96. The second-order valence-electron chi connectivity index (χ2n) is 21.6. The normalized spacial score (nSPS) is 18.1. The Kier molecular flexibility index (Phi) is 12.9. The van der Waals surface area contributed by atoms with E-state index in [1.807, 2.05) is 12.2 Å². The number of fused-ring (bicyclic) bond motifs is 15. The third-order valence-electron chi connectivity index (χ3n) is 17.4. The molecular formula is C80H62. The van der Waals surface area contributed by atoms with Gasteiger partial charge in [0.15, 0.2) is 0 Å². The molecule has 0 nitrogen and oxygen atoms in total. The Bertz CT molecular complexity index is 4120. The molecular weight excluding hydrogens is 961 g/mol. The summed E-state index contributed by atoms with van der Waals surface area (Å²) in [5, 5.41) is 0. The second kappa shape index (κ2) is 20.6. The highest BCUT2D eigenvalue weighted by Crippen LogP contribution is 2.68. The van der Waals surface area contributed by atoms with E-state index in [-0.39, 0.29) is 0 Å². The summed E-state index contributed by atoms with van der Waals surface area (Å²) < 4.78 is 0. The molecule has 0 radical (unpaired) electrons. The molecule has 0 saturated heterocycles. The van der Waals surface area contributed by atoms with Gasteiger partial charge in [-0.25, -0.2) is 0 Å². The maximum atomic E-state index is 4.86. The van der Waals surface area contributed by atoms with Crippen LogP contribution >= 0.6 is 0 Å². The predicted octanol–water partition coefficient (Wildman–Crippen LogP) is 20.3. The number of hydrogen-bond acceptors (Lipinski definition) is 0. The summed E-state index contributed by atoms with van der Waals surface area (Å²) in [6, 6.07) is 75.9. The van der Waals surface area contributed by atoms with E-state index in [4.69, 9.17) is 6.58 Å². The summed E-state index contributed by atoms with van der Waals surface area (Å²) in [6.45, 7) is 18.3. The zero-order valence-electron chi connectivity index (χ0n) is 45.6. The van der Waals surface area contributed by atoms with E-state index in [9.17, 15) is 0 Å². The zero-order valence-corrected chi connectivity index (χ0v) is 45.6. The molecule has 0 amide bonds. The van der Waals surface area contributed by atoms with E-state index in [0.717, 1.165) is 34.3 Å². The summed E-state index contributed by atoms with van der Waals surface area (Å²) >= 11 is 0. The number of hydrogen-bond donors (Lipinski definition) is 0. The van der Waals surface area contributed by atoms with Crippen molar-refractivity contribution in [1.29, 1.82) is 0 Å². The van der Waals surface area contributed by atoms with Crippen molar-refractivity contribution in [1.82, 2.24) is 0 Å². The van der Waals surface area contributed by atoms with Crippen molar-refractivity contribution >= 4 is 22.8 Å². The monoisotopic (exact) mass is 1020 g/mol. The van der Waals surface area contributed by atoms with Crippen LogP contribution in [-0.4, -0.2) is 0 Å². The fourth-order valence-corrected chi connectivity index (χ4v) is 14.0. The molecule has 2 spiro atoms. The largest absolute Gasteiger partial charge is 0.0988 e. The second-order valence-corrected chi connectivity index (χ2v) is 21.6. The molecule has 382 valence electrons. The fraction of sp³-hybridized carbons (Fsp3) is 0.0750. The SMILES string of the molecule is C=CC1=C(/C=C(C)/C2=C(\C/C(C=C)=C/C=C/C(C=C)=C/C(=Cc3ccccc3)c3ccccc3)c3ccccc3C3=C(CC=C3)\C(C)=C\2)C2(c3ccccc3-c3ccccc32)c2ccccc2C12c1ccccc1-c1ccccc12. The third kappa shape index (κ3) is 7.89. The quantitative estimate of drug-likeness (QED) is 0.0845. The first-order chi connectivity index (χ1) is 39.4. The van der Waals surface area contributed by atoms with Crippen LogP contribution in [0.5, 0.6) is 0 Å². The topological polar surface area (TPSA) is 0 Å². The molecule has 0 unspecified atom stereocenters. The van der Waals surface area contributed by atoms with E-state index in [1.165, 1.54) is 111 Å². The maximum absolute atomic E-state index is 4.86. The van der Waals surface area contributed by atoms with E-state index in [2.05, 4.69) is 294 Å². The van der Waals surface area contributed by atoms with Crippen LogP contribution in [0.25, 0.3) is 45.0 Å². The van der Waals surface area contributed by atoms with Gasteiger partial charge in [0.1, 0.15) is 0 Å². The Balaban J connectivity index is 1.05. The van der Waals surface area contributed by atoms with Crippen molar-refractivity contribution in [2.24, 2.45) is 0 Å². The lowest BCUT2D eigenvalue weighted by Gasteiger charge is -2.49. The van der Waals surface area contributed by atoms with E-state index in [1.54, 1.807) is 0 Å². The molecule has 13 rings (SSSR count). The average Bonchev–Trinajstić information content (AvgIpc) is 1.86. The van der Waals surface area contributed by atoms with Gasteiger partial charge in [0.05, 0.1) is 10.8 Å². The average molecular weight is 1020 g/mol. The Morgan fingerprint density at radius 1 is 0.512 bits per heavy atom. The maximum Gasteiger partial charge on any atom is 0.0720 e. The minimum Gasteiger partial charge on any atom is -0.0988 e. The van der Waals surface area contributed by atoms with Crippen molar-refractivity contribution in [3.05, 3.63) is 393 Å². The van der Waals surface area contributed by atoms with E-state index in [0.29, 0.717) is 6.42 Å². The van der Waals surface area contributed by atoms with Crippen LogP contribution in [0.4, 0.5) is 0 Å². The number of allylic oxidation sites excluding steroid dienone is 22. The lowest BCUT2D eigenvalue weighted by atomic mass is 9.52. The molecule has 0 bridgehead atoms. The molecule has 8 aromatic carbocycles. The number of benzene rings is 8. The van der Waals surface area contributed by atoms with Crippen LogP contribution in [0, 0.1) is 0 Å². The Morgan fingerprint density at radius 2 is 1.00 bits per heavy atom. The van der Waals surface area contributed by atoms with Gasteiger partial charge in [0.25, 0.3) is 0 Å². The summed E-state index contributed by atoms with van der Waals surface area (Å²) in [7, 11) is 0. The molecule has 0 atom stereocenters. The van der Waals surface area contributed by atoms with Crippen molar-refractivity contribution < 1.29 is 0 Å². The van der Waals surface area contributed by atoms with Gasteiger partial charge in [-0.15, -0.1) is 0 Å². The summed E-state index contributed by atoms with van der Waals surface area (Å²) in [4.78, 5) is 0. The molecule has 8 aromatic rings. The first-order valence-corrected chi connectivity index (χ1v) is 28.0. The van der Waals surface area contributed by atoms with E-state index < -0.39 is 10.8 Å². The molecule has 0 heteroatoms. The lowest BCUT2D eigenvalue weighted by molar-refractivity contribution is 0.635. The smallest absolute Gasteiger partial charge is 0.0720 e. The Morgan fingerprint density at radius 3 is 1.54 bits per heavy atom. The highest BCUT2D eigenvalue weighted by atomic mass is 14.6. The Hall–Kier alpha value is -9.62. The summed E-state index contributed by atoms with van der Waals surface area (Å²) in [5.41, 5.74) is 29.5. The molecule has 0 aliphatic heterocycles. The van der Waals surface area contributed by atoms with Gasteiger partial charge in [-0.3, -0.25) is 0 Å². The van der Waals surface area contributed by atoms with Gasteiger partial charge < -0.3 is 0 Å². The van der Waals surface area contributed by atoms with Crippen LogP contribution in [0.3, 0.4) is 0 Å². The fourth-order valence-electron chi connectivity index (χ4n) is 14.0. The Labute approximate surface area is 473 Å². The van der Waals surface area contributed by atoms with Gasteiger partial charge >= 0.3 is 0 Å². The van der Waals surface area contributed by atoms with Crippen molar-refractivity contribution in [2.45, 2.75) is 37.5 Å². The van der Waals surface area contributed by atoms with E-state index >= 15 is 0 Å². The predicted molar refractivity (Wildman–Crippen MR) is 340 cm³/mol. The van der Waals surface area contributed by atoms with Crippen LogP contribution in [-0.2, 0) is 10.8 Å². The van der Waals surface area contributed by atoms with Gasteiger partial charge in [0.2, 0.25) is 0 Å². The van der Waals surface area contributed by atoms with Crippen molar-refractivity contribution in [3.63, 3.8) is 0 Å². The van der Waals surface area contributed by atoms with Crippen molar-refractivity contribution in [2.75, 3.05) is 0 Å². The van der Waals surface area contributed by atoms with Gasteiger partial charge in [-0.05, 0) is 178 Å². The highest BCUT2D eigenvalue weighted by Gasteiger charge is 2.59. The molecule has 0 N–H and O–H groups in total. The third-order valence-corrected chi connectivity index (χ3v) is 17.4. The molecule has 5 aliphatic rings. The van der Waals surface area contributed by atoms with Crippen LogP contribution in [0.2, 0.25) is 0 Å². The molecule has 80 heavy (non-hydrogen) atoms. The number of rotatable bonds is 12. The molecule has 0 saturated carbocycles. The molecule has 0 fully saturated rings. The van der Waals surface area contributed by atoms with Crippen LogP contribution in [0.1, 0.15) is 82.3 Å². The first-order valence-electron chi connectivity index (χ1n) is 28.0. The standard InChI is InChI=1S/C80H62/c1-6-56(51-60(59-33-13-10-14-34-59)52-58-29-11-9-12-30-58)31-27-32-57(7-2)53-70-64-36-16-15-35-63(64)62-42-28-41-61(62)54(4)49-69(70)55(5)50-78-71(8-3)79(72-43-21-17-37-65(72)66-38-18-22-44-73(66)79)76-47-25-26-48-77(76)80(78)74-45-23-19-39-67(74)68-40-20-24-46-75(68)80/h6-40,42-52H,1-3,41,53H2,4-5H3/b31-27+,54-49+,55-50+,56-51+,57-32+,60-52?,61-54?,63-62?,69-49?,70-64?,70-69+. The lowest BCUT2D eigenvalue weighted by Crippen LogP contribution is -2.43. The molecule has 0 heterocycles. The van der Waals surface area contributed by atoms with Crippen molar-refractivity contribution in [3.8, 4) is 22.3 Å². The summed E-state index contributed by atoms with van der Waals surface area (Å²) in [5.74, 6) is 0. The van der Waals surface area contributed by atoms with Crippen LogP contribution < -0.4 is 0 Å².